The predicted octanol–water partition coefficient (Wildman–Crippen LogP) is 1.12. The molecule has 2 N–H and O–H groups in total. The minimum Gasteiger partial charge on any atom is -0.383 e. The van der Waals surface area contributed by atoms with E-state index < -0.39 is 0 Å². The highest BCUT2D eigenvalue weighted by molar-refractivity contribution is 5.81. The van der Waals surface area contributed by atoms with Gasteiger partial charge in [-0.25, -0.2) is 0 Å². The van der Waals surface area contributed by atoms with E-state index in [2.05, 4.69) is 16.7 Å². The van der Waals surface area contributed by atoms with Gasteiger partial charge in [-0.15, -0.1) is 0 Å². The number of rotatable bonds is 6. The van der Waals surface area contributed by atoms with Crippen LogP contribution in [-0.4, -0.2) is 32.2 Å². The first-order valence-corrected chi connectivity index (χ1v) is 5.68. The zero-order valence-electron chi connectivity index (χ0n) is 10.6. The molecule has 0 aliphatic carbocycles. The first-order chi connectivity index (χ1) is 8.67. The quantitative estimate of drug-likeness (QED) is 0.790. The number of anilines is 1. The number of methoxy groups -OCH3 is 1. The molecule has 1 unspecified atom stereocenters. The van der Waals surface area contributed by atoms with Crippen LogP contribution < -0.4 is 10.6 Å². The van der Waals surface area contributed by atoms with Crippen LogP contribution in [0.4, 0.5) is 5.69 Å². The van der Waals surface area contributed by atoms with E-state index in [-0.39, 0.29) is 18.5 Å². The standard InChI is InChI=1S/C13H17N3O2/c1-10(9-18-2)16-13(17)8-15-12-6-4-3-5-11(12)7-14/h3-6,10,15H,8-9H2,1-2H3,(H,16,17). The number of hydrogen-bond donors (Lipinski definition) is 2. The van der Waals surface area contributed by atoms with Crippen molar-refractivity contribution < 1.29 is 9.53 Å². The number of nitrogens with one attached hydrogen (secondary N) is 2. The third-order valence-electron chi connectivity index (χ3n) is 2.31. The van der Waals surface area contributed by atoms with Crippen LogP contribution in [0.25, 0.3) is 0 Å². The van der Waals surface area contributed by atoms with Gasteiger partial charge in [0, 0.05) is 13.2 Å². The van der Waals surface area contributed by atoms with Crippen LogP contribution in [-0.2, 0) is 9.53 Å². The van der Waals surface area contributed by atoms with Gasteiger partial charge in [-0.05, 0) is 19.1 Å². The minimum atomic E-state index is -0.132. The lowest BCUT2D eigenvalue weighted by atomic mass is 10.2. The Bertz CT molecular complexity index is 440. The normalized spacial score (nSPS) is 11.4. The SMILES string of the molecule is COCC(C)NC(=O)CNc1ccccc1C#N. The van der Waals surface area contributed by atoms with Gasteiger partial charge in [0.2, 0.25) is 5.91 Å². The third kappa shape index (κ3) is 4.44. The van der Waals surface area contributed by atoms with Crippen molar-refractivity contribution in [1.82, 2.24) is 5.32 Å². The van der Waals surface area contributed by atoms with Crippen LogP contribution >= 0.6 is 0 Å². The van der Waals surface area contributed by atoms with Gasteiger partial charge in [0.1, 0.15) is 6.07 Å². The maximum atomic E-state index is 11.6. The van der Waals surface area contributed by atoms with E-state index in [0.717, 1.165) is 0 Å². The van der Waals surface area contributed by atoms with E-state index in [1.807, 2.05) is 13.0 Å². The molecule has 1 atom stereocenters. The van der Waals surface area contributed by atoms with Crippen molar-refractivity contribution in [3.63, 3.8) is 0 Å². The topological polar surface area (TPSA) is 74.2 Å². The molecule has 5 nitrogen and oxygen atoms in total. The van der Waals surface area contributed by atoms with Crippen molar-refractivity contribution in [2.24, 2.45) is 0 Å². The molecular formula is C13H17N3O2. The van der Waals surface area contributed by atoms with Crippen LogP contribution in [0.3, 0.4) is 0 Å². The fourth-order valence-corrected chi connectivity index (χ4v) is 1.53. The lowest BCUT2D eigenvalue weighted by molar-refractivity contribution is -0.120. The maximum Gasteiger partial charge on any atom is 0.239 e. The van der Waals surface area contributed by atoms with Gasteiger partial charge in [0.25, 0.3) is 0 Å². The summed E-state index contributed by atoms with van der Waals surface area (Å²) < 4.78 is 4.93. The molecule has 0 saturated carbocycles. The second-order valence-electron chi connectivity index (χ2n) is 3.93. The Kier molecular flexibility index (Phi) is 5.68. The molecule has 0 saturated heterocycles. The van der Waals surface area contributed by atoms with Crippen LogP contribution in [0.5, 0.6) is 0 Å². The Morgan fingerprint density at radius 2 is 2.22 bits per heavy atom. The Hall–Kier alpha value is -2.06. The summed E-state index contributed by atoms with van der Waals surface area (Å²) in [6.45, 7) is 2.47. The fourth-order valence-electron chi connectivity index (χ4n) is 1.53. The number of amides is 1. The van der Waals surface area contributed by atoms with Crippen LogP contribution in [0.1, 0.15) is 12.5 Å². The number of para-hydroxylation sites is 1. The van der Waals surface area contributed by atoms with Crippen molar-refractivity contribution in [2.45, 2.75) is 13.0 Å². The third-order valence-corrected chi connectivity index (χ3v) is 2.31. The Morgan fingerprint density at radius 3 is 2.89 bits per heavy atom. The zero-order valence-corrected chi connectivity index (χ0v) is 10.6. The maximum absolute atomic E-state index is 11.6. The van der Waals surface area contributed by atoms with Gasteiger partial charge in [0.05, 0.1) is 24.4 Å². The van der Waals surface area contributed by atoms with Crippen molar-refractivity contribution in [3.05, 3.63) is 29.8 Å². The number of nitrogens with zero attached hydrogens (tertiary/aromatic N) is 1. The molecule has 96 valence electrons. The second-order valence-corrected chi connectivity index (χ2v) is 3.93. The van der Waals surface area contributed by atoms with E-state index in [4.69, 9.17) is 10.00 Å². The number of hydrogen-bond acceptors (Lipinski definition) is 4. The molecule has 0 aliphatic heterocycles. The van der Waals surface area contributed by atoms with E-state index in [0.29, 0.717) is 17.9 Å². The van der Waals surface area contributed by atoms with Gasteiger partial charge in [0.15, 0.2) is 0 Å². The summed E-state index contributed by atoms with van der Waals surface area (Å²) in [7, 11) is 1.59. The van der Waals surface area contributed by atoms with E-state index in [9.17, 15) is 4.79 Å². The monoisotopic (exact) mass is 247 g/mol. The van der Waals surface area contributed by atoms with Crippen molar-refractivity contribution in [1.29, 1.82) is 5.26 Å². The fraction of sp³-hybridized carbons (Fsp3) is 0.385. The molecule has 1 rings (SSSR count). The molecule has 1 amide bonds. The van der Waals surface area contributed by atoms with Crippen molar-refractivity contribution in [2.75, 3.05) is 25.6 Å². The molecule has 18 heavy (non-hydrogen) atoms. The first-order valence-electron chi connectivity index (χ1n) is 5.68. The summed E-state index contributed by atoms with van der Waals surface area (Å²) in [6.07, 6.45) is 0. The molecule has 5 heteroatoms. The molecule has 0 aromatic heterocycles. The van der Waals surface area contributed by atoms with Crippen LogP contribution in [0.2, 0.25) is 0 Å². The molecule has 0 bridgehead atoms. The van der Waals surface area contributed by atoms with E-state index in [1.54, 1.807) is 25.3 Å². The molecular weight excluding hydrogens is 230 g/mol. The molecule has 0 heterocycles. The molecule has 0 spiro atoms. The smallest absolute Gasteiger partial charge is 0.239 e. The Labute approximate surface area is 107 Å². The van der Waals surface area contributed by atoms with Gasteiger partial charge < -0.3 is 15.4 Å². The van der Waals surface area contributed by atoms with Crippen LogP contribution in [0, 0.1) is 11.3 Å². The molecule has 1 aromatic rings. The lowest BCUT2D eigenvalue weighted by Crippen LogP contribution is -2.39. The van der Waals surface area contributed by atoms with E-state index in [1.165, 1.54) is 0 Å². The number of carbonyl (C=O) groups excluding carboxylic acids is 1. The lowest BCUT2D eigenvalue weighted by Gasteiger charge is -2.13. The Balaban J connectivity index is 2.45. The van der Waals surface area contributed by atoms with Gasteiger partial charge >= 0.3 is 0 Å². The first kappa shape index (κ1) is 14.0. The van der Waals surface area contributed by atoms with Crippen molar-refractivity contribution >= 4 is 11.6 Å². The van der Waals surface area contributed by atoms with Gasteiger partial charge in [-0.3, -0.25) is 4.79 Å². The summed E-state index contributed by atoms with van der Waals surface area (Å²) >= 11 is 0. The zero-order chi connectivity index (χ0) is 13.4. The summed E-state index contributed by atoms with van der Waals surface area (Å²) in [5.74, 6) is -0.132. The summed E-state index contributed by atoms with van der Waals surface area (Å²) in [5, 5.41) is 14.6. The number of nitriles is 1. The second kappa shape index (κ2) is 7.30. The van der Waals surface area contributed by atoms with Gasteiger partial charge in [-0.1, -0.05) is 12.1 Å². The summed E-state index contributed by atoms with van der Waals surface area (Å²) in [4.78, 5) is 11.6. The highest BCUT2D eigenvalue weighted by Crippen LogP contribution is 2.12. The minimum absolute atomic E-state index is 0.0319. The average molecular weight is 247 g/mol. The van der Waals surface area contributed by atoms with Gasteiger partial charge in [-0.2, -0.15) is 5.26 Å². The summed E-state index contributed by atoms with van der Waals surface area (Å²) in [5.41, 5.74) is 1.18. The predicted molar refractivity (Wildman–Crippen MR) is 69.1 cm³/mol. The molecule has 0 aliphatic rings. The van der Waals surface area contributed by atoms with E-state index >= 15 is 0 Å². The largest absolute Gasteiger partial charge is 0.383 e. The highest BCUT2D eigenvalue weighted by atomic mass is 16.5. The number of carbonyl (C=O) groups is 1. The molecule has 1 aromatic carbocycles. The number of benzene rings is 1. The van der Waals surface area contributed by atoms with Crippen molar-refractivity contribution in [3.8, 4) is 6.07 Å². The summed E-state index contributed by atoms with van der Waals surface area (Å²) in [6, 6.07) is 9.10. The molecule has 0 radical (unpaired) electrons. The molecule has 0 fully saturated rings. The Morgan fingerprint density at radius 1 is 1.50 bits per heavy atom. The number of ether oxygens (including phenoxy) is 1. The van der Waals surface area contributed by atoms with Crippen LogP contribution in [0.15, 0.2) is 24.3 Å². The average Bonchev–Trinajstić information content (AvgIpc) is 2.37. The highest BCUT2D eigenvalue weighted by Gasteiger charge is 2.07.